The number of nitrogens with zero attached hydrogens (tertiary/aromatic N) is 2. The topological polar surface area (TPSA) is 68.7 Å². The van der Waals surface area contributed by atoms with Crippen LogP contribution >= 0.6 is 0 Å². The third-order valence-corrected chi connectivity index (χ3v) is 3.69. The summed E-state index contributed by atoms with van der Waals surface area (Å²) in [7, 11) is 1.34. The predicted molar refractivity (Wildman–Crippen MR) is 90.7 cm³/mol. The Morgan fingerprint density at radius 2 is 1.96 bits per heavy atom. The molecule has 0 saturated heterocycles. The molecular formula is C18H24N2O4. The summed E-state index contributed by atoms with van der Waals surface area (Å²) in [6.07, 6.45) is 2.43. The van der Waals surface area contributed by atoms with E-state index in [1.54, 1.807) is 11.0 Å². The maximum atomic E-state index is 12.1. The van der Waals surface area contributed by atoms with E-state index in [1.165, 1.54) is 7.11 Å². The molecule has 0 spiro atoms. The lowest BCUT2D eigenvalue weighted by Gasteiger charge is -2.29. The van der Waals surface area contributed by atoms with E-state index in [-0.39, 0.29) is 6.09 Å². The zero-order chi connectivity index (χ0) is 17.9. The van der Waals surface area contributed by atoms with Crippen molar-refractivity contribution in [1.29, 1.82) is 0 Å². The average Bonchev–Trinajstić information content (AvgIpc) is 2.52. The van der Waals surface area contributed by atoms with Crippen molar-refractivity contribution in [3.63, 3.8) is 0 Å². The molecule has 130 valence electrons. The second-order valence-electron chi connectivity index (χ2n) is 6.73. The van der Waals surface area contributed by atoms with Crippen LogP contribution in [0.2, 0.25) is 0 Å². The first-order valence-electron chi connectivity index (χ1n) is 7.94. The quantitative estimate of drug-likeness (QED) is 0.778. The van der Waals surface area contributed by atoms with Crippen molar-refractivity contribution in [3.05, 3.63) is 35.2 Å². The molecule has 0 saturated carbocycles. The van der Waals surface area contributed by atoms with E-state index in [4.69, 9.17) is 4.74 Å². The lowest BCUT2D eigenvalue weighted by Crippen LogP contribution is -2.39. The summed E-state index contributed by atoms with van der Waals surface area (Å²) in [6, 6.07) is 3.54. The zero-order valence-corrected chi connectivity index (χ0v) is 14.9. The largest absolute Gasteiger partial charge is 0.464 e. The molecule has 1 amide bonds. The lowest BCUT2D eigenvalue weighted by atomic mass is 9.98. The molecule has 2 heterocycles. The highest BCUT2D eigenvalue weighted by molar-refractivity contribution is 5.87. The van der Waals surface area contributed by atoms with Crippen LogP contribution in [0.3, 0.4) is 0 Å². The summed E-state index contributed by atoms with van der Waals surface area (Å²) in [5.41, 5.74) is 2.69. The lowest BCUT2D eigenvalue weighted by molar-refractivity contribution is 0.0270. The van der Waals surface area contributed by atoms with Gasteiger partial charge >= 0.3 is 12.1 Å². The standard InChI is InChI=1S/C18H24N2O4/c1-12-14(6-7-15(19-12)16(21)23-5)13-8-10-20(11-9-13)17(22)24-18(2,3)4/h6-8H,9-11H2,1-5H3. The number of aromatic nitrogens is 1. The first-order valence-corrected chi connectivity index (χ1v) is 7.94. The van der Waals surface area contributed by atoms with Crippen LogP contribution in [-0.2, 0) is 9.47 Å². The van der Waals surface area contributed by atoms with Crippen LogP contribution in [0, 0.1) is 6.92 Å². The Morgan fingerprint density at radius 1 is 1.25 bits per heavy atom. The third-order valence-electron chi connectivity index (χ3n) is 3.69. The minimum absolute atomic E-state index is 0.297. The molecule has 6 heteroatoms. The minimum Gasteiger partial charge on any atom is -0.464 e. The van der Waals surface area contributed by atoms with Crippen LogP contribution < -0.4 is 0 Å². The summed E-state index contributed by atoms with van der Waals surface area (Å²) >= 11 is 0. The van der Waals surface area contributed by atoms with E-state index >= 15 is 0 Å². The molecule has 0 N–H and O–H groups in total. The molecule has 0 fully saturated rings. The van der Waals surface area contributed by atoms with E-state index in [0.29, 0.717) is 18.8 Å². The minimum atomic E-state index is -0.495. The number of esters is 1. The zero-order valence-electron chi connectivity index (χ0n) is 14.9. The van der Waals surface area contributed by atoms with E-state index in [1.807, 2.05) is 39.8 Å². The van der Waals surface area contributed by atoms with Crippen LogP contribution in [0.1, 0.15) is 48.9 Å². The van der Waals surface area contributed by atoms with Crippen molar-refractivity contribution < 1.29 is 19.1 Å². The molecule has 1 aliphatic rings. The monoisotopic (exact) mass is 332 g/mol. The number of amides is 1. The van der Waals surface area contributed by atoms with Gasteiger partial charge in [0.1, 0.15) is 11.3 Å². The van der Waals surface area contributed by atoms with Crippen LogP contribution in [0.5, 0.6) is 0 Å². The number of ether oxygens (including phenoxy) is 2. The van der Waals surface area contributed by atoms with Crippen molar-refractivity contribution in [2.45, 2.75) is 39.7 Å². The highest BCUT2D eigenvalue weighted by Gasteiger charge is 2.24. The van der Waals surface area contributed by atoms with Gasteiger partial charge in [0.25, 0.3) is 0 Å². The molecule has 1 aliphatic heterocycles. The summed E-state index contributed by atoms with van der Waals surface area (Å²) < 4.78 is 10.1. The second kappa shape index (κ2) is 7.03. The summed E-state index contributed by atoms with van der Waals surface area (Å²) in [5.74, 6) is -0.446. The highest BCUT2D eigenvalue weighted by atomic mass is 16.6. The first-order chi connectivity index (χ1) is 11.2. The van der Waals surface area contributed by atoms with Gasteiger partial charge in [-0.3, -0.25) is 0 Å². The first kappa shape index (κ1) is 18.0. The van der Waals surface area contributed by atoms with E-state index in [9.17, 15) is 9.59 Å². The maximum Gasteiger partial charge on any atom is 0.410 e. The average molecular weight is 332 g/mol. The number of carbonyl (C=O) groups excluding carboxylic acids is 2. The Morgan fingerprint density at radius 3 is 2.46 bits per heavy atom. The number of carbonyl (C=O) groups is 2. The molecule has 1 aromatic rings. The molecule has 24 heavy (non-hydrogen) atoms. The van der Waals surface area contributed by atoms with Gasteiger partial charge in [0.2, 0.25) is 0 Å². The fourth-order valence-corrected chi connectivity index (χ4v) is 2.52. The van der Waals surface area contributed by atoms with E-state index in [0.717, 1.165) is 23.3 Å². The fourth-order valence-electron chi connectivity index (χ4n) is 2.52. The molecule has 0 aromatic carbocycles. The van der Waals surface area contributed by atoms with Crippen LogP contribution in [-0.4, -0.2) is 47.7 Å². The molecule has 1 aromatic heterocycles. The number of hydrogen-bond acceptors (Lipinski definition) is 5. The molecule has 0 radical (unpaired) electrons. The number of rotatable bonds is 2. The van der Waals surface area contributed by atoms with Gasteiger partial charge in [-0.1, -0.05) is 12.1 Å². The van der Waals surface area contributed by atoms with Gasteiger partial charge in [-0.15, -0.1) is 0 Å². The Kier molecular flexibility index (Phi) is 5.26. The smallest absolute Gasteiger partial charge is 0.410 e. The van der Waals surface area contributed by atoms with Gasteiger partial charge in [-0.25, -0.2) is 14.6 Å². The predicted octanol–water partition coefficient (Wildman–Crippen LogP) is 3.20. The van der Waals surface area contributed by atoms with Gasteiger partial charge in [0.05, 0.1) is 7.11 Å². The molecule has 0 unspecified atom stereocenters. The Bertz CT molecular complexity index is 674. The Hall–Kier alpha value is -2.37. The van der Waals surface area contributed by atoms with Crippen molar-refractivity contribution in [1.82, 2.24) is 9.88 Å². The third kappa shape index (κ3) is 4.34. The Balaban J connectivity index is 2.10. The highest BCUT2D eigenvalue weighted by Crippen LogP contribution is 2.25. The summed E-state index contributed by atoms with van der Waals surface area (Å²) in [5, 5.41) is 0. The molecular weight excluding hydrogens is 308 g/mol. The Labute approximate surface area is 142 Å². The molecule has 0 aliphatic carbocycles. The van der Waals surface area contributed by atoms with Gasteiger partial charge in [0.15, 0.2) is 0 Å². The van der Waals surface area contributed by atoms with Gasteiger partial charge in [0, 0.05) is 18.8 Å². The van der Waals surface area contributed by atoms with Crippen molar-refractivity contribution >= 4 is 17.6 Å². The maximum absolute atomic E-state index is 12.1. The van der Waals surface area contributed by atoms with E-state index < -0.39 is 11.6 Å². The van der Waals surface area contributed by atoms with Crippen LogP contribution in [0.25, 0.3) is 5.57 Å². The number of methoxy groups -OCH3 is 1. The van der Waals surface area contributed by atoms with Crippen molar-refractivity contribution in [3.8, 4) is 0 Å². The molecule has 6 nitrogen and oxygen atoms in total. The van der Waals surface area contributed by atoms with Crippen molar-refractivity contribution in [2.24, 2.45) is 0 Å². The normalized spacial score (nSPS) is 14.9. The number of pyridine rings is 1. The SMILES string of the molecule is COC(=O)c1ccc(C2=CCN(C(=O)OC(C)(C)C)CC2)c(C)n1. The fraction of sp³-hybridized carbons (Fsp3) is 0.500. The molecule has 0 bridgehead atoms. The number of hydrogen-bond donors (Lipinski definition) is 0. The van der Waals surface area contributed by atoms with Crippen molar-refractivity contribution in [2.75, 3.05) is 20.2 Å². The molecule has 2 rings (SSSR count). The number of aryl methyl sites for hydroxylation is 1. The van der Waals surface area contributed by atoms with Crippen LogP contribution in [0.15, 0.2) is 18.2 Å². The second-order valence-corrected chi connectivity index (χ2v) is 6.73. The van der Waals surface area contributed by atoms with Gasteiger partial charge in [-0.2, -0.15) is 0 Å². The van der Waals surface area contributed by atoms with Gasteiger partial charge < -0.3 is 14.4 Å². The van der Waals surface area contributed by atoms with Crippen LogP contribution in [0.4, 0.5) is 4.79 Å². The van der Waals surface area contributed by atoms with Gasteiger partial charge in [-0.05, 0) is 51.3 Å². The molecule has 0 atom stereocenters. The summed E-state index contributed by atoms with van der Waals surface area (Å²) in [4.78, 5) is 29.6. The summed E-state index contributed by atoms with van der Waals surface area (Å²) in [6.45, 7) is 8.53. The van der Waals surface area contributed by atoms with E-state index in [2.05, 4.69) is 9.72 Å².